The van der Waals surface area contributed by atoms with Gasteiger partial charge in [0.2, 0.25) is 0 Å². The number of aryl methyl sites for hydroxylation is 1. The Balaban J connectivity index is 1.94. The molecule has 0 bridgehead atoms. The smallest absolute Gasteiger partial charge is 0.277 e. The third-order valence-corrected chi connectivity index (χ3v) is 3.82. The Morgan fingerprint density at radius 1 is 1.17 bits per heavy atom. The number of hydrazone groups is 1. The number of ether oxygens (including phenoxy) is 1. The Kier molecular flexibility index (Phi) is 6.64. The highest BCUT2D eigenvalue weighted by atomic mass is 35.5. The predicted octanol–water partition coefficient (Wildman–Crippen LogP) is 4.61. The molecule has 6 heteroatoms. The number of nitrogens with zero attached hydrogens (tertiary/aromatic N) is 1. The summed E-state index contributed by atoms with van der Waals surface area (Å²) in [5, 5.41) is 5.03. The van der Waals surface area contributed by atoms with Crippen LogP contribution >= 0.6 is 23.2 Å². The Morgan fingerprint density at radius 2 is 1.88 bits per heavy atom. The van der Waals surface area contributed by atoms with Crippen LogP contribution in [0.25, 0.3) is 0 Å². The van der Waals surface area contributed by atoms with Crippen molar-refractivity contribution in [1.29, 1.82) is 0 Å². The summed E-state index contributed by atoms with van der Waals surface area (Å²) in [6.45, 7) is 3.82. The third kappa shape index (κ3) is 5.25. The molecule has 0 aliphatic heterocycles. The van der Waals surface area contributed by atoms with E-state index >= 15 is 0 Å². The van der Waals surface area contributed by atoms with Crippen molar-refractivity contribution >= 4 is 34.8 Å². The van der Waals surface area contributed by atoms with Crippen molar-refractivity contribution in [3.8, 4) is 5.75 Å². The topological polar surface area (TPSA) is 50.7 Å². The average Bonchev–Trinajstić information content (AvgIpc) is 2.56. The van der Waals surface area contributed by atoms with Crippen LogP contribution in [0.3, 0.4) is 0 Å². The highest BCUT2D eigenvalue weighted by Crippen LogP contribution is 2.27. The fourth-order valence-corrected chi connectivity index (χ4v) is 2.45. The van der Waals surface area contributed by atoms with Crippen molar-refractivity contribution in [3.63, 3.8) is 0 Å². The summed E-state index contributed by atoms with van der Waals surface area (Å²) in [6, 6.07) is 12.8. The molecule has 24 heavy (non-hydrogen) atoms. The summed E-state index contributed by atoms with van der Waals surface area (Å²) in [4.78, 5) is 11.9. The zero-order valence-electron chi connectivity index (χ0n) is 13.5. The number of hydrogen-bond acceptors (Lipinski definition) is 3. The molecule has 0 saturated carbocycles. The zero-order valence-corrected chi connectivity index (χ0v) is 15.0. The van der Waals surface area contributed by atoms with Gasteiger partial charge in [-0.25, -0.2) is 5.43 Å². The molecule has 0 aliphatic rings. The van der Waals surface area contributed by atoms with E-state index in [1.807, 2.05) is 38.1 Å². The average molecular weight is 365 g/mol. The van der Waals surface area contributed by atoms with Gasteiger partial charge in [0.1, 0.15) is 5.75 Å². The van der Waals surface area contributed by atoms with Gasteiger partial charge in [-0.15, -0.1) is 0 Å². The standard InChI is InChI=1S/C18H18Cl2N2O2/c1-3-16(13-6-4-12(2)5-7-13)21-22-18(23)11-24-17-9-8-14(19)10-15(17)20/h4-10H,3,11H2,1-2H3,(H,22,23)/b21-16+. The van der Waals surface area contributed by atoms with Gasteiger partial charge in [0.15, 0.2) is 6.61 Å². The summed E-state index contributed by atoms with van der Waals surface area (Å²) in [5.41, 5.74) is 5.45. The van der Waals surface area contributed by atoms with Gasteiger partial charge < -0.3 is 4.74 Å². The number of amides is 1. The molecule has 0 spiro atoms. The monoisotopic (exact) mass is 364 g/mol. The molecular formula is C18H18Cl2N2O2. The fraction of sp³-hybridized carbons (Fsp3) is 0.222. The molecule has 0 saturated heterocycles. The van der Waals surface area contributed by atoms with Crippen molar-refractivity contribution < 1.29 is 9.53 Å². The molecule has 0 unspecified atom stereocenters. The van der Waals surface area contributed by atoms with Gasteiger partial charge in [-0.2, -0.15) is 5.10 Å². The molecule has 0 fully saturated rings. The van der Waals surface area contributed by atoms with Crippen molar-refractivity contribution in [1.82, 2.24) is 5.43 Å². The van der Waals surface area contributed by atoms with Crippen LogP contribution in [-0.4, -0.2) is 18.2 Å². The van der Waals surface area contributed by atoms with E-state index in [-0.39, 0.29) is 12.5 Å². The van der Waals surface area contributed by atoms with E-state index in [0.29, 0.717) is 22.2 Å². The highest BCUT2D eigenvalue weighted by Gasteiger charge is 2.07. The summed E-state index contributed by atoms with van der Waals surface area (Å²) >= 11 is 11.8. The molecule has 1 N–H and O–H groups in total. The molecule has 0 aromatic heterocycles. The fourth-order valence-electron chi connectivity index (χ4n) is 1.99. The molecular weight excluding hydrogens is 347 g/mol. The predicted molar refractivity (Wildman–Crippen MR) is 98.1 cm³/mol. The second-order valence-electron chi connectivity index (χ2n) is 5.18. The molecule has 0 heterocycles. The lowest BCUT2D eigenvalue weighted by Crippen LogP contribution is -2.26. The first-order chi connectivity index (χ1) is 11.5. The van der Waals surface area contributed by atoms with Crippen LogP contribution in [0.15, 0.2) is 47.6 Å². The van der Waals surface area contributed by atoms with E-state index in [4.69, 9.17) is 27.9 Å². The second kappa shape index (κ2) is 8.71. The maximum Gasteiger partial charge on any atom is 0.277 e. The van der Waals surface area contributed by atoms with E-state index in [2.05, 4.69) is 10.5 Å². The Bertz CT molecular complexity index is 743. The molecule has 1 amide bonds. The second-order valence-corrected chi connectivity index (χ2v) is 6.02. The van der Waals surface area contributed by atoms with Crippen LogP contribution in [0.1, 0.15) is 24.5 Å². The largest absolute Gasteiger partial charge is 0.482 e. The summed E-state index contributed by atoms with van der Waals surface area (Å²) in [7, 11) is 0. The van der Waals surface area contributed by atoms with Crippen LogP contribution in [0.2, 0.25) is 10.0 Å². The van der Waals surface area contributed by atoms with Crippen molar-refractivity contribution in [3.05, 3.63) is 63.6 Å². The maximum atomic E-state index is 11.9. The summed E-state index contributed by atoms with van der Waals surface area (Å²) in [6.07, 6.45) is 0.702. The first-order valence-corrected chi connectivity index (χ1v) is 8.25. The van der Waals surface area contributed by atoms with Gasteiger partial charge in [-0.05, 0) is 37.1 Å². The van der Waals surface area contributed by atoms with E-state index in [1.165, 1.54) is 5.56 Å². The van der Waals surface area contributed by atoms with Crippen LogP contribution < -0.4 is 10.2 Å². The number of carbonyl (C=O) groups excluding carboxylic acids is 1. The molecule has 126 valence electrons. The summed E-state index contributed by atoms with van der Waals surface area (Å²) < 4.78 is 5.37. The van der Waals surface area contributed by atoms with Crippen molar-refractivity contribution in [2.24, 2.45) is 5.10 Å². The van der Waals surface area contributed by atoms with Crippen molar-refractivity contribution in [2.75, 3.05) is 6.61 Å². The normalized spacial score (nSPS) is 11.2. The first kappa shape index (κ1) is 18.3. The molecule has 0 aliphatic carbocycles. The van der Waals surface area contributed by atoms with Gasteiger partial charge in [-0.1, -0.05) is 60.0 Å². The minimum absolute atomic E-state index is 0.185. The number of benzene rings is 2. The molecule has 4 nitrogen and oxygen atoms in total. The highest BCUT2D eigenvalue weighted by molar-refractivity contribution is 6.35. The minimum Gasteiger partial charge on any atom is -0.482 e. The van der Waals surface area contributed by atoms with Crippen LogP contribution in [0.4, 0.5) is 0 Å². The minimum atomic E-state index is -0.362. The lowest BCUT2D eigenvalue weighted by atomic mass is 10.1. The Labute approximate surface area is 151 Å². The number of carbonyl (C=O) groups is 1. The molecule has 0 radical (unpaired) electrons. The van der Waals surface area contributed by atoms with Gasteiger partial charge in [0.25, 0.3) is 5.91 Å². The molecule has 2 aromatic rings. The Hall–Kier alpha value is -2.04. The number of halogens is 2. The molecule has 2 aromatic carbocycles. The first-order valence-electron chi connectivity index (χ1n) is 7.50. The number of hydrogen-bond donors (Lipinski definition) is 1. The molecule has 0 atom stereocenters. The van der Waals surface area contributed by atoms with Gasteiger partial charge in [0, 0.05) is 5.02 Å². The van der Waals surface area contributed by atoms with E-state index < -0.39 is 0 Å². The van der Waals surface area contributed by atoms with E-state index in [9.17, 15) is 4.79 Å². The number of nitrogens with one attached hydrogen (secondary N) is 1. The van der Waals surface area contributed by atoms with Crippen LogP contribution in [-0.2, 0) is 4.79 Å². The van der Waals surface area contributed by atoms with Crippen LogP contribution in [0.5, 0.6) is 5.75 Å². The van der Waals surface area contributed by atoms with Crippen molar-refractivity contribution in [2.45, 2.75) is 20.3 Å². The number of rotatable bonds is 6. The van der Waals surface area contributed by atoms with Gasteiger partial charge in [0.05, 0.1) is 10.7 Å². The van der Waals surface area contributed by atoms with E-state index in [1.54, 1.807) is 18.2 Å². The van der Waals surface area contributed by atoms with Gasteiger partial charge >= 0.3 is 0 Å². The maximum absolute atomic E-state index is 11.9. The quantitative estimate of drug-likeness (QED) is 0.600. The zero-order chi connectivity index (χ0) is 17.5. The Morgan fingerprint density at radius 3 is 2.50 bits per heavy atom. The third-order valence-electron chi connectivity index (χ3n) is 3.29. The lowest BCUT2D eigenvalue weighted by molar-refractivity contribution is -0.123. The molecule has 2 rings (SSSR count). The lowest BCUT2D eigenvalue weighted by Gasteiger charge is -2.08. The van der Waals surface area contributed by atoms with E-state index in [0.717, 1.165) is 11.3 Å². The summed E-state index contributed by atoms with van der Waals surface area (Å²) in [5.74, 6) is 0.0357. The SMILES string of the molecule is CC/C(=N\NC(=O)COc1ccc(Cl)cc1Cl)c1ccc(C)cc1. The van der Waals surface area contributed by atoms with Crippen LogP contribution in [0, 0.1) is 6.92 Å². The van der Waals surface area contributed by atoms with Gasteiger partial charge in [-0.3, -0.25) is 4.79 Å².